The zero-order valence-corrected chi connectivity index (χ0v) is 15.1. The highest BCUT2D eigenvalue weighted by Gasteiger charge is 2.07. The van der Waals surface area contributed by atoms with Crippen molar-refractivity contribution in [3.63, 3.8) is 0 Å². The average molecular weight is 360 g/mol. The molecule has 0 spiro atoms. The molecule has 6 heteroatoms. The molecular formula is C20H28N2O4. The summed E-state index contributed by atoms with van der Waals surface area (Å²) in [5.74, 6) is -0.234. The summed E-state index contributed by atoms with van der Waals surface area (Å²) in [6.45, 7) is 3.00. The van der Waals surface area contributed by atoms with E-state index in [1.165, 1.54) is 0 Å². The molecule has 26 heavy (non-hydrogen) atoms. The van der Waals surface area contributed by atoms with Gasteiger partial charge in [-0.25, -0.2) is 0 Å². The summed E-state index contributed by atoms with van der Waals surface area (Å²) in [5.41, 5.74) is 2.13. The molecule has 0 bridgehead atoms. The summed E-state index contributed by atoms with van der Waals surface area (Å²) in [6.07, 6.45) is 5.33. The SMILES string of the molecule is O=C(CCCOCC(O)CNCC1=CCCN=C1)OCc1ccccc1. The van der Waals surface area contributed by atoms with E-state index in [1.807, 2.05) is 36.5 Å². The zero-order chi connectivity index (χ0) is 18.5. The molecule has 0 fully saturated rings. The third-order valence-electron chi connectivity index (χ3n) is 3.85. The highest BCUT2D eigenvalue weighted by Crippen LogP contribution is 2.03. The van der Waals surface area contributed by atoms with Gasteiger partial charge >= 0.3 is 5.97 Å². The third kappa shape index (κ3) is 8.89. The minimum absolute atomic E-state index is 0.234. The third-order valence-corrected chi connectivity index (χ3v) is 3.85. The molecule has 0 saturated heterocycles. The second-order valence-electron chi connectivity index (χ2n) is 6.21. The Morgan fingerprint density at radius 2 is 2.15 bits per heavy atom. The predicted molar refractivity (Wildman–Crippen MR) is 101 cm³/mol. The van der Waals surface area contributed by atoms with Gasteiger partial charge in [-0.2, -0.15) is 0 Å². The topological polar surface area (TPSA) is 80.2 Å². The maximum absolute atomic E-state index is 11.7. The summed E-state index contributed by atoms with van der Waals surface area (Å²) >= 11 is 0. The number of nitrogens with zero attached hydrogens (tertiary/aromatic N) is 1. The molecule has 0 radical (unpaired) electrons. The van der Waals surface area contributed by atoms with Gasteiger partial charge in [0.25, 0.3) is 0 Å². The van der Waals surface area contributed by atoms with E-state index in [-0.39, 0.29) is 12.6 Å². The van der Waals surface area contributed by atoms with Crippen LogP contribution < -0.4 is 5.32 Å². The van der Waals surface area contributed by atoms with Crippen LogP contribution in [-0.2, 0) is 20.9 Å². The van der Waals surface area contributed by atoms with Gasteiger partial charge in [-0.3, -0.25) is 9.79 Å². The first-order valence-electron chi connectivity index (χ1n) is 9.09. The van der Waals surface area contributed by atoms with Crippen molar-refractivity contribution in [3.8, 4) is 0 Å². The Labute approximate surface area is 154 Å². The van der Waals surface area contributed by atoms with Gasteiger partial charge in [-0.05, 0) is 24.0 Å². The Morgan fingerprint density at radius 3 is 2.92 bits per heavy atom. The van der Waals surface area contributed by atoms with Crippen LogP contribution in [0.15, 0.2) is 47.0 Å². The van der Waals surface area contributed by atoms with E-state index in [1.54, 1.807) is 0 Å². The monoisotopic (exact) mass is 360 g/mol. The zero-order valence-electron chi connectivity index (χ0n) is 15.1. The van der Waals surface area contributed by atoms with E-state index < -0.39 is 6.10 Å². The fourth-order valence-electron chi connectivity index (χ4n) is 2.47. The molecule has 0 amide bonds. The highest BCUT2D eigenvalue weighted by molar-refractivity contribution is 5.79. The second kappa shape index (κ2) is 12.4. The first-order valence-corrected chi connectivity index (χ1v) is 9.09. The van der Waals surface area contributed by atoms with E-state index in [2.05, 4.69) is 16.4 Å². The number of nitrogens with one attached hydrogen (secondary N) is 1. The number of benzene rings is 1. The summed E-state index contributed by atoms with van der Waals surface area (Å²) in [7, 11) is 0. The summed E-state index contributed by atoms with van der Waals surface area (Å²) in [5, 5.41) is 13.0. The van der Waals surface area contributed by atoms with Gasteiger partial charge in [0.05, 0.1) is 12.7 Å². The molecule has 2 N–H and O–H groups in total. The van der Waals surface area contributed by atoms with Gasteiger partial charge in [0, 0.05) is 38.9 Å². The number of aliphatic hydroxyl groups is 1. The lowest BCUT2D eigenvalue weighted by atomic mass is 10.2. The minimum Gasteiger partial charge on any atom is -0.461 e. The number of rotatable bonds is 12. The maximum atomic E-state index is 11.7. The lowest BCUT2D eigenvalue weighted by Crippen LogP contribution is -2.32. The molecule has 2 rings (SSSR count). The van der Waals surface area contributed by atoms with Crippen LogP contribution >= 0.6 is 0 Å². The second-order valence-corrected chi connectivity index (χ2v) is 6.21. The van der Waals surface area contributed by atoms with E-state index in [0.29, 0.717) is 39.1 Å². The quantitative estimate of drug-likeness (QED) is 0.439. The van der Waals surface area contributed by atoms with Gasteiger partial charge in [-0.15, -0.1) is 0 Å². The number of esters is 1. The number of carbonyl (C=O) groups is 1. The van der Waals surface area contributed by atoms with Gasteiger partial charge in [0.15, 0.2) is 0 Å². The van der Waals surface area contributed by atoms with Gasteiger partial charge in [0.1, 0.15) is 6.61 Å². The number of aliphatic imine (C=N–C) groups is 1. The molecular weight excluding hydrogens is 332 g/mol. The molecule has 1 aliphatic heterocycles. The van der Waals surface area contributed by atoms with Crippen molar-refractivity contribution in [1.29, 1.82) is 0 Å². The number of hydrogen-bond donors (Lipinski definition) is 2. The molecule has 142 valence electrons. The molecule has 0 aliphatic carbocycles. The standard InChI is InChI=1S/C20H28N2O4/c23-19(14-22-13-18-8-4-10-21-12-18)16-25-11-5-9-20(24)26-15-17-6-2-1-3-7-17/h1-3,6-8,12,19,22-23H,4-5,9-11,13-16H2. The maximum Gasteiger partial charge on any atom is 0.306 e. The van der Waals surface area contributed by atoms with Crippen molar-refractivity contribution in [2.24, 2.45) is 4.99 Å². The van der Waals surface area contributed by atoms with Crippen molar-refractivity contribution in [2.45, 2.75) is 32.0 Å². The number of carbonyl (C=O) groups excluding carboxylic acids is 1. The van der Waals surface area contributed by atoms with Gasteiger partial charge in [-0.1, -0.05) is 36.4 Å². The van der Waals surface area contributed by atoms with Crippen LogP contribution in [-0.4, -0.2) is 56.2 Å². The van der Waals surface area contributed by atoms with Crippen LogP contribution in [0, 0.1) is 0 Å². The Bertz CT molecular complexity index is 587. The lowest BCUT2D eigenvalue weighted by Gasteiger charge is -2.13. The van der Waals surface area contributed by atoms with Crippen molar-refractivity contribution in [1.82, 2.24) is 5.32 Å². The highest BCUT2D eigenvalue weighted by atomic mass is 16.5. The molecule has 6 nitrogen and oxygen atoms in total. The van der Waals surface area contributed by atoms with E-state index in [0.717, 1.165) is 24.1 Å². The van der Waals surface area contributed by atoms with Crippen molar-refractivity contribution in [3.05, 3.63) is 47.5 Å². The lowest BCUT2D eigenvalue weighted by molar-refractivity contribution is -0.145. The number of ether oxygens (including phenoxy) is 2. The molecule has 0 aromatic heterocycles. The van der Waals surface area contributed by atoms with E-state index >= 15 is 0 Å². The Morgan fingerprint density at radius 1 is 1.31 bits per heavy atom. The Balaban J connectivity index is 1.43. The first kappa shape index (κ1) is 20.3. The largest absolute Gasteiger partial charge is 0.461 e. The van der Waals surface area contributed by atoms with Crippen LogP contribution in [0.5, 0.6) is 0 Å². The molecule has 1 atom stereocenters. The Kier molecular flexibility index (Phi) is 9.64. The summed E-state index contributed by atoms with van der Waals surface area (Å²) < 4.78 is 10.6. The van der Waals surface area contributed by atoms with Gasteiger partial charge in [0.2, 0.25) is 0 Å². The number of dihydropyridines is 1. The van der Waals surface area contributed by atoms with E-state index in [4.69, 9.17) is 9.47 Å². The van der Waals surface area contributed by atoms with Crippen molar-refractivity contribution >= 4 is 12.2 Å². The number of hydrogen-bond acceptors (Lipinski definition) is 6. The number of aliphatic hydroxyl groups excluding tert-OH is 1. The summed E-state index contributed by atoms with van der Waals surface area (Å²) in [6, 6.07) is 9.59. The van der Waals surface area contributed by atoms with Crippen LogP contribution in [0.2, 0.25) is 0 Å². The average Bonchev–Trinajstić information content (AvgIpc) is 2.68. The van der Waals surface area contributed by atoms with Crippen LogP contribution in [0.3, 0.4) is 0 Å². The normalized spacial score (nSPS) is 14.7. The predicted octanol–water partition coefficient (Wildman–Crippen LogP) is 1.88. The Hall–Kier alpha value is -2.02. The molecule has 1 aromatic rings. The van der Waals surface area contributed by atoms with Crippen LogP contribution in [0.1, 0.15) is 24.8 Å². The molecule has 1 aromatic carbocycles. The molecule has 0 saturated carbocycles. The fourth-order valence-corrected chi connectivity index (χ4v) is 2.47. The molecule has 1 unspecified atom stereocenters. The van der Waals surface area contributed by atoms with Crippen molar-refractivity contribution < 1.29 is 19.4 Å². The van der Waals surface area contributed by atoms with Crippen LogP contribution in [0.25, 0.3) is 0 Å². The van der Waals surface area contributed by atoms with E-state index in [9.17, 15) is 9.90 Å². The molecule has 1 aliphatic rings. The van der Waals surface area contributed by atoms with Gasteiger partial charge < -0.3 is 19.9 Å². The van der Waals surface area contributed by atoms with Crippen molar-refractivity contribution in [2.75, 3.05) is 32.8 Å². The fraction of sp³-hybridized carbons (Fsp3) is 0.500. The minimum atomic E-state index is -0.568. The van der Waals surface area contributed by atoms with Crippen LogP contribution in [0.4, 0.5) is 0 Å². The smallest absolute Gasteiger partial charge is 0.306 e. The summed E-state index contributed by atoms with van der Waals surface area (Å²) in [4.78, 5) is 15.9. The molecule has 1 heterocycles. The first-order chi connectivity index (χ1) is 12.7.